The second-order valence-corrected chi connectivity index (χ2v) is 8.19. The van der Waals surface area contributed by atoms with Gasteiger partial charge in [-0.25, -0.2) is 4.98 Å². The van der Waals surface area contributed by atoms with Crippen LogP contribution in [0.5, 0.6) is 0 Å². The van der Waals surface area contributed by atoms with Crippen LogP contribution >= 0.6 is 46.1 Å². The molecule has 3 rings (SSSR count). The molecule has 0 fully saturated rings. The summed E-state index contributed by atoms with van der Waals surface area (Å²) in [5.41, 5.74) is 1.14. The van der Waals surface area contributed by atoms with Crippen LogP contribution in [0.3, 0.4) is 0 Å². The topological polar surface area (TPSA) is 50.3 Å². The molecule has 3 aromatic rings. The van der Waals surface area contributed by atoms with Crippen molar-refractivity contribution in [2.24, 2.45) is 0 Å². The molecule has 0 atom stereocenters. The molecule has 1 amide bonds. The summed E-state index contributed by atoms with van der Waals surface area (Å²) >= 11 is 19.3. The van der Waals surface area contributed by atoms with Crippen molar-refractivity contribution in [1.82, 2.24) is 4.98 Å². The van der Waals surface area contributed by atoms with Crippen LogP contribution in [-0.4, -0.2) is 16.7 Å². The fraction of sp³-hybridized carbons (Fsp3) is 0.0455. The number of aromatic nitrogens is 1. The average molecular weight is 476 g/mol. The number of Topliss-reactive ketones (excluding diaryl/α,β-unsaturated/α-hetero) is 1. The molecule has 30 heavy (non-hydrogen) atoms. The normalized spacial score (nSPS) is 10.3. The first kappa shape index (κ1) is 22.1. The van der Waals surface area contributed by atoms with Crippen molar-refractivity contribution in [2.75, 3.05) is 4.90 Å². The van der Waals surface area contributed by atoms with E-state index < -0.39 is 5.91 Å². The SMILES string of the molecule is C#CCC(=C)C(=O)c1csc(N(C(=O)c2ccc(Cl)cc2Cl)c2ccc(Cl)cc2)n1. The first-order valence-electron chi connectivity index (χ1n) is 8.48. The molecule has 0 saturated carbocycles. The minimum atomic E-state index is -0.435. The molecular formula is C22H13Cl3N2O2S. The van der Waals surface area contributed by atoms with Gasteiger partial charge in [0.2, 0.25) is 5.78 Å². The highest BCUT2D eigenvalue weighted by Crippen LogP contribution is 2.33. The van der Waals surface area contributed by atoms with Gasteiger partial charge in [-0.2, -0.15) is 0 Å². The number of hydrogen-bond acceptors (Lipinski definition) is 4. The summed E-state index contributed by atoms with van der Waals surface area (Å²) in [7, 11) is 0. The van der Waals surface area contributed by atoms with E-state index in [2.05, 4.69) is 17.5 Å². The van der Waals surface area contributed by atoms with E-state index in [0.717, 1.165) is 11.3 Å². The molecule has 0 bridgehead atoms. The average Bonchev–Trinajstić information content (AvgIpc) is 3.18. The second-order valence-electron chi connectivity index (χ2n) is 6.07. The Bertz CT molecular complexity index is 1180. The quantitative estimate of drug-likeness (QED) is 0.223. The number of anilines is 2. The number of thiazole rings is 1. The summed E-state index contributed by atoms with van der Waals surface area (Å²) in [5.74, 6) is 1.57. The lowest BCUT2D eigenvalue weighted by atomic mass is 10.1. The Hall–Kier alpha value is -2.62. The number of rotatable bonds is 6. The van der Waals surface area contributed by atoms with E-state index in [0.29, 0.717) is 15.7 Å². The Morgan fingerprint density at radius 2 is 1.77 bits per heavy atom. The smallest absolute Gasteiger partial charge is 0.266 e. The monoisotopic (exact) mass is 474 g/mol. The number of carbonyl (C=O) groups excluding carboxylic acids is 2. The van der Waals surface area contributed by atoms with E-state index in [1.54, 1.807) is 35.7 Å². The molecule has 0 spiro atoms. The van der Waals surface area contributed by atoms with Gasteiger partial charge in [0.05, 0.1) is 16.3 Å². The molecular weight excluding hydrogens is 463 g/mol. The van der Waals surface area contributed by atoms with Gasteiger partial charge >= 0.3 is 0 Å². The fourth-order valence-corrected chi connectivity index (χ4v) is 3.98. The van der Waals surface area contributed by atoms with E-state index in [1.165, 1.54) is 17.0 Å². The largest absolute Gasteiger partial charge is 0.287 e. The van der Waals surface area contributed by atoms with Crippen LogP contribution in [0.15, 0.2) is 60.0 Å². The van der Waals surface area contributed by atoms with Crippen molar-refractivity contribution >= 4 is 68.6 Å². The maximum atomic E-state index is 13.4. The van der Waals surface area contributed by atoms with E-state index in [4.69, 9.17) is 41.2 Å². The fourth-order valence-electron chi connectivity index (χ4n) is 2.54. The van der Waals surface area contributed by atoms with Gasteiger partial charge in [0.25, 0.3) is 5.91 Å². The van der Waals surface area contributed by atoms with E-state index in [9.17, 15) is 9.59 Å². The molecule has 8 heteroatoms. The predicted octanol–water partition coefficient (Wildman–Crippen LogP) is 6.84. The Kier molecular flexibility index (Phi) is 6.96. The Balaban J connectivity index is 2.06. The molecule has 0 saturated heterocycles. The molecule has 0 aliphatic heterocycles. The molecule has 0 N–H and O–H groups in total. The number of hydrogen-bond donors (Lipinski definition) is 0. The molecule has 1 heterocycles. The maximum Gasteiger partial charge on any atom is 0.266 e. The van der Waals surface area contributed by atoms with Crippen LogP contribution in [-0.2, 0) is 0 Å². The molecule has 0 aliphatic rings. The second kappa shape index (κ2) is 9.46. The number of amides is 1. The first-order valence-corrected chi connectivity index (χ1v) is 10.5. The highest BCUT2D eigenvalue weighted by atomic mass is 35.5. The number of carbonyl (C=O) groups is 2. The minimum absolute atomic E-state index is 0.117. The Labute approximate surface area is 192 Å². The van der Waals surface area contributed by atoms with Crippen molar-refractivity contribution in [3.63, 3.8) is 0 Å². The van der Waals surface area contributed by atoms with Crippen LogP contribution in [0.2, 0.25) is 15.1 Å². The third-order valence-electron chi connectivity index (χ3n) is 4.00. The van der Waals surface area contributed by atoms with Gasteiger partial charge in [0.1, 0.15) is 5.69 Å². The number of terminal acetylenes is 1. The summed E-state index contributed by atoms with van der Waals surface area (Å²) in [6, 6.07) is 11.2. The molecule has 0 radical (unpaired) electrons. The van der Waals surface area contributed by atoms with Crippen molar-refractivity contribution < 1.29 is 9.59 Å². The lowest BCUT2D eigenvalue weighted by Crippen LogP contribution is -2.26. The number of benzene rings is 2. The summed E-state index contributed by atoms with van der Waals surface area (Å²) in [6.07, 6.45) is 5.37. The highest BCUT2D eigenvalue weighted by molar-refractivity contribution is 7.14. The van der Waals surface area contributed by atoms with Crippen LogP contribution < -0.4 is 4.90 Å². The third-order valence-corrected chi connectivity index (χ3v) is 5.63. The van der Waals surface area contributed by atoms with Gasteiger partial charge in [-0.05, 0) is 42.5 Å². The van der Waals surface area contributed by atoms with Crippen molar-refractivity contribution in [2.45, 2.75) is 6.42 Å². The minimum Gasteiger partial charge on any atom is -0.287 e. The van der Waals surface area contributed by atoms with Crippen LogP contribution in [0.25, 0.3) is 0 Å². The van der Waals surface area contributed by atoms with Crippen molar-refractivity contribution in [3.05, 3.63) is 86.3 Å². The van der Waals surface area contributed by atoms with Gasteiger partial charge in [-0.3, -0.25) is 14.5 Å². The standard InChI is InChI=1S/C22H13Cl3N2O2S/c1-3-4-13(2)20(28)19-12-30-22(26-19)27(16-8-5-14(23)6-9-16)21(29)17-10-7-15(24)11-18(17)25/h1,5-12H,2,4H2. The molecule has 1 aromatic heterocycles. The van der Waals surface area contributed by atoms with E-state index in [-0.39, 0.29) is 39.2 Å². The van der Waals surface area contributed by atoms with Gasteiger partial charge < -0.3 is 0 Å². The maximum absolute atomic E-state index is 13.4. The van der Waals surface area contributed by atoms with Crippen molar-refractivity contribution in [3.8, 4) is 12.3 Å². The zero-order valence-corrected chi connectivity index (χ0v) is 18.4. The summed E-state index contributed by atoms with van der Waals surface area (Å²) < 4.78 is 0. The number of ketones is 1. The Morgan fingerprint density at radius 3 is 2.40 bits per heavy atom. The van der Waals surface area contributed by atoms with Crippen LogP contribution in [0, 0.1) is 12.3 Å². The van der Waals surface area contributed by atoms with E-state index in [1.807, 2.05) is 0 Å². The Morgan fingerprint density at radius 1 is 1.10 bits per heavy atom. The van der Waals surface area contributed by atoms with Gasteiger partial charge in [-0.1, -0.05) is 41.4 Å². The zero-order chi connectivity index (χ0) is 21.8. The summed E-state index contributed by atoms with van der Waals surface area (Å²) in [6.45, 7) is 3.69. The zero-order valence-electron chi connectivity index (χ0n) is 15.4. The molecule has 0 aliphatic carbocycles. The van der Waals surface area contributed by atoms with Gasteiger partial charge in [-0.15, -0.1) is 23.7 Å². The number of allylic oxidation sites excluding steroid dienone is 1. The van der Waals surface area contributed by atoms with Gasteiger partial charge in [0, 0.05) is 27.4 Å². The predicted molar refractivity (Wildman–Crippen MR) is 123 cm³/mol. The van der Waals surface area contributed by atoms with Gasteiger partial charge in [0.15, 0.2) is 5.13 Å². The first-order chi connectivity index (χ1) is 14.3. The lowest BCUT2D eigenvalue weighted by Gasteiger charge is -2.21. The van der Waals surface area contributed by atoms with E-state index >= 15 is 0 Å². The summed E-state index contributed by atoms with van der Waals surface area (Å²) in [5, 5.41) is 2.95. The molecule has 150 valence electrons. The molecule has 2 aromatic carbocycles. The molecule has 4 nitrogen and oxygen atoms in total. The lowest BCUT2D eigenvalue weighted by molar-refractivity contribution is 0.0995. The number of nitrogens with zero attached hydrogens (tertiary/aromatic N) is 2. The molecule has 0 unspecified atom stereocenters. The highest BCUT2D eigenvalue weighted by Gasteiger charge is 2.26. The van der Waals surface area contributed by atoms with Crippen LogP contribution in [0.1, 0.15) is 27.3 Å². The number of halogens is 3. The van der Waals surface area contributed by atoms with Crippen molar-refractivity contribution in [1.29, 1.82) is 0 Å². The summed E-state index contributed by atoms with van der Waals surface area (Å²) in [4.78, 5) is 31.6. The third kappa shape index (κ3) is 4.75. The van der Waals surface area contributed by atoms with Crippen LogP contribution in [0.4, 0.5) is 10.8 Å².